The number of hydrogen-bond acceptors (Lipinski definition) is 4. The third-order valence-corrected chi connectivity index (χ3v) is 3.70. The molecule has 0 aliphatic rings. The molecule has 0 fully saturated rings. The van der Waals surface area contributed by atoms with E-state index in [0.29, 0.717) is 18.3 Å². The first kappa shape index (κ1) is 17.1. The van der Waals surface area contributed by atoms with E-state index in [1.54, 1.807) is 0 Å². The van der Waals surface area contributed by atoms with Crippen LogP contribution < -0.4 is 10.2 Å². The highest BCUT2D eigenvalue weighted by molar-refractivity contribution is 5.77. The van der Waals surface area contributed by atoms with Crippen molar-refractivity contribution in [3.05, 3.63) is 35.7 Å². The first-order valence-electron chi connectivity index (χ1n) is 7.89. The summed E-state index contributed by atoms with van der Waals surface area (Å²) in [6, 6.07) is 8.03. The van der Waals surface area contributed by atoms with E-state index >= 15 is 0 Å². The van der Waals surface area contributed by atoms with Gasteiger partial charge in [-0.1, -0.05) is 17.7 Å². The van der Waals surface area contributed by atoms with Gasteiger partial charge in [0.15, 0.2) is 12.6 Å². The smallest absolute Gasteiger partial charge is 0.275 e. The number of likely N-dealkylation sites (N-methyl/N-ethyl adjacent to an activating group) is 1. The summed E-state index contributed by atoms with van der Waals surface area (Å²) in [7, 11) is 1.95. The Morgan fingerprint density at radius 1 is 1.30 bits per heavy atom. The molecule has 0 saturated heterocycles. The largest absolute Gasteiger partial charge is 0.415 e. The lowest BCUT2D eigenvalue weighted by molar-refractivity contribution is -0.903. The van der Waals surface area contributed by atoms with Crippen LogP contribution in [0.2, 0.25) is 0 Å². The number of carbonyl (C=O) groups is 1. The summed E-state index contributed by atoms with van der Waals surface area (Å²) >= 11 is 0. The minimum atomic E-state index is -0.0565. The van der Waals surface area contributed by atoms with Gasteiger partial charge in [-0.25, -0.2) is 0 Å². The van der Waals surface area contributed by atoms with Gasteiger partial charge in [0.05, 0.1) is 7.05 Å². The van der Waals surface area contributed by atoms with Crippen LogP contribution in [0.4, 0.5) is 0 Å². The average molecular weight is 317 g/mol. The van der Waals surface area contributed by atoms with Gasteiger partial charge >= 0.3 is 0 Å². The van der Waals surface area contributed by atoms with Crippen LogP contribution in [0.5, 0.6) is 0 Å². The summed E-state index contributed by atoms with van der Waals surface area (Å²) in [5.41, 5.74) is 2.05. The number of benzene rings is 1. The highest BCUT2D eigenvalue weighted by Gasteiger charge is 2.24. The van der Waals surface area contributed by atoms with Crippen molar-refractivity contribution >= 4 is 5.91 Å². The SMILES string of the molecule is Cc1cccc(-c2nnc([C@@H](C)[NH+](C)CC(=O)NC(C)C)o2)c1. The molecule has 2 aromatic rings. The number of aromatic nitrogens is 2. The molecule has 0 spiro atoms. The fraction of sp³-hybridized carbons (Fsp3) is 0.471. The Morgan fingerprint density at radius 2 is 2.04 bits per heavy atom. The number of nitrogens with zero attached hydrogens (tertiary/aromatic N) is 2. The van der Waals surface area contributed by atoms with Gasteiger partial charge in [0, 0.05) is 11.6 Å². The van der Waals surface area contributed by atoms with Gasteiger partial charge in [0.1, 0.15) is 0 Å². The second-order valence-corrected chi connectivity index (χ2v) is 6.28. The van der Waals surface area contributed by atoms with E-state index in [4.69, 9.17) is 4.42 Å². The van der Waals surface area contributed by atoms with Crippen molar-refractivity contribution in [2.24, 2.45) is 0 Å². The molecular weight excluding hydrogens is 292 g/mol. The predicted molar refractivity (Wildman–Crippen MR) is 87.9 cm³/mol. The number of quaternary nitrogens is 1. The third kappa shape index (κ3) is 4.63. The first-order chi connectivity index (χ1) is 10.9. The molecule has 6 heteroatoms. The minimum absolute atomic E-state index is 0.0165. The zero-order valence-corrected chi connectivity index (χ0v) is 14.4. The molecule has 0 aliphatic carbocycles. The summed E-state index contributed by atoms with van der Waals surface area (Å²) in [5.74, 6) is 1.06. The zero-order chi connectivity index (χ0) is 17.0. The van der Waals surface area contributed by atoms with E-state index < -0.39 is 0 Å². The summed E-state index contributed by atoms with van der Waals surface area (Å²) < 4.78 is 5.80. The topological polar surface area (TPSA) is 72.5 Å². The monoisotopic (exact) mass is 317 g/mol. The molecule has 0 radical (unpaired) electrons. The molecule has 1 aromatic heterocycles. The van der Waals surface area contributed by atoms with Crippen molar-refractivity contribution < 1.29 is 14.1 Å². The second kappa shape index (κ2) is 7.37. The van der Waals surface area contributed by atoms with Crippen LogP contribution in [0.25, 0.3) is 11.5 Å². The highest BCUT2D eigenvalue weighted by Crippen LogP contribution is 2.20. The molecule has 1 heterocycles. The molecule has 2 N–H and O–H groups in total. The van der Waals surface area contributed by atoms with Crippen LogP contribution in [0.3, 0.4) is 0 Å². The number of amides is 1. The normalized spacial score (nSPS) is 13.8. The molecule has 1 unspecified atom stereocenters. The van der Waals surface area contributed by atoms with Gasteiger partial charge in [0.25, 0.3) is 11.8 Å². The Balaban J connectivity index is 2.06. The maximum atomic E-state index is 11.9. The molecule has 2 atom stereocenters. The Labute approximate surface area is 136 Å². The van der Waals surface area contributed by atoms with E-state index in [2.05, 4.69) is 15.5 Å². The second-order valence-electron chi connectivity index (χ2n) is 6.28. The van der Waals surface area contributed by atoms with E-state index in [1.807, 2.05) is 59.0 Å². The molecular formula is C17H25N4O2+. The fourth-order valence-corrected chi connectivity index (χ4v) is 2.29. The molecule has 0 bridgehead atoms. The van der Waals surface area contributed by atoms with Crippen molar-refractivity contribution in [2.45, 2.75) is 39.8 Å². The molecule has 1 aromatic carbocycles. The zero-order valence-electron chi connectivity index (χ0n) is 14.4. The quantitative estimate of drug-likeness (QED) is 0.838. The van der Waals surface area contributed by atoms with Crippen molar-refractivity contribution in [3.8, 4) is 11.5 Å². The van der Waals surface area contributed by atoms with E-state index in [1.165, 1.54) is 0 Å². The van der Waals surface area contributed by atoms with Gasteiger partial charge in [0.2, 0.25) is 5.89 Å². The fourth-order valence-electron chi connectivity index (χ4n) is 2.29. The van der Waals surface area contributed by atoms with Crippen LogP contribution in [-0.2, 0) is 4.79 Å². The van der Waals surface area contributed by atoms with E-state index in [0.717, 1.165) is 16.0 Å². The molecule has 0 aliphatic heterocycles. The van der Waals surface area contributed by atoms with Crippen molar-refractivity contribution in [1.29, 1.82) is 0 Å². The third-order valence-electron chi connectivity index (χ3n) is 3.70. The minimum Gasteiger partial charge on any atom is -0.415 e. The van der Waals surface area contributed by atoms with Gasteiger partial charge < -0.3 is 14.6 Å². The van der Waals surface area contributed by atoms with Crippen LogP contribution in [0, 0.1) is 6.92 Å². The predicted octanol–water partition coefficient (Wildman–Crippen LogP) is 1.15. The summed E-state index contributed by atoms with van der Waals surface area (Å²) in [4.78, 5) is 12.9. The molecule has 6 nitrogen and oxygen atoms in total. The Hall–Kier alpha value is -2.21. The van der Waals surface area contributed by atoms with Crippen LogP contribution in [0.15, 0.2) is 28.7 Å². The van der Waals surface area contributed by atoms with Gasteiger partial charge in [-0.05, 0) is 39.8 Å². The summed E-state index contributed by atoms with van der Waals surface area (Å²) in [6.45, 7) is 8.26. The van der Waals surface area contributed by atoms with Gasteiger partial charge in [-0.2, -0.15) is 0 Å². The number of hydrogen-bond donors (Lipinski definition) is 2. The molecule has 0 saturated carbocycles. The number of rotatable bonds is 6. The van der Waals surface area contributed by atoms with Gasteiger partial charge in [-0.3, -0.25) is 4.79 Å². The Kier molecular flexibility index (Phi) is 5.50. The van der Waals surface area contributed by atoms with Crippen LogP contribution in [-0.4, -0.2) is 35.7 Å². The van der Waals surface area contributed by atoms with Gasteiger partial charge in [-0.15, -0.1) is 10.2 Å². The molecule has 124 valence electrons. The lowest BCUT2D eigenvalue weighted by Gasteiger charge is -2.19. The number of aryl methyl sites for hydroxylation is 1. The maximum Gasteiger partial charge on any atom is 0.275 e. The van der Waals surface area contributed by atoms with Crippen molar-refractivity contribution in [3.63, 3.8) is 0 Å². The Morgan fingerprint density at radius 3 is 2.70 bits per heavy atom. The van der Waals surface area contributed by atoms with Crippen molar-refractivity contribution in [1.82, 2.24) is 15.5 Å². The first-order valence-corrected chi connectivity index (χ1v) is 7.89. The average Bonchev–Trinajstić information content (AvgIpc) is 2.95. The summed E-state index contributed by atoms with van der Waals surface area (Å²) in [5, 5.41) is 11.2. The van der Waals surface area contributed by atoms with Crippen molar-refractivity contribution in [2.75, 3.05) is 13.6 Å². The molecule has 23 heavy (non-hydrogen) atoms. The molecule has 2 rings (SSSR count). The van der Waals surface area contributed by atoms with Crippen LogP contribution in [0.1, 0.15) is 38.3 Å². The maximum absolute atomic E-state index is 11.9. The van der Waals surface area contributed by atoms with Crippen LogP contribution >= 0.6 is 0 Å². The number of nitrogens with one attached hydrogen (secondary N) is 2. The number of carbonyl (C=O) groups excluding carboxylic acids is 1. The molecule has 1 amide bonds. The summed E-state index contributed by atoms with van der Waals surface area (Å²) in [6.07, 6.45) is 0. The highest BCUT2D eigenvalue weighted by atomic mass is 16.4. The van der Waals surface area contributed by atoms with E-state index in [-0.39, 0.29) is 18.0 Å². The standard InChI is InChI=1S/C17H24N4O2/c1-11(2)18-15(22)10-21(5)13(4)16-19-20-17(23-16)14-8-6-7-12(3)9-14/h6-9,11,13H,10H2,1-5H3,(H,18,22)/p+1/t13-/m1/s1. The lowest BCUT2D eigenvalue weighted by Crippen LogP contribution is -3.10. The Bertz CT molecular complexity index is 666. The van der Waals surface area contributed by atoms with E-state index in [9.17, 15) is 4.79 Å². The lowest BCUT2D eigenvalue weighted by atomic mass is 10.1.